The van der Waals surface area contributed by atoms with Crippen LogP contribution in [0.15, 0.2) is 24.3 Å². The molecule has 3 rings (SSSR count). The fourth-order valence-electron chi connectivity index (χ4n) is 2.91. The lowest BCUT2D eigenvalue weighted by atomic mass is 10.2. The van der Waals surface area contributed by atoms with E-state index in [1.54, 1.807) is 12.1 Å². The minimum atomic E-state index is -4.68. The van der Waals surface area contributed by atoms with Crippen LogP contribution in [0.3, 0.4) is 0 Å². The van der Waals surface area contributed by atoms with Crippen LogP contribution in [0.1, 0.15) is 12.0 Å². The topological polar surface area (TPSA) is 66.9 Å². The van der Waals surface area contributed by atoms with Gasteiger partial charge in [0, 0.05) is 38.3 Å². The molecule has 2 fully saturated rings. The maximum Gasteiger partial charge on any atom is 0.307 e. The first-order valence-electron chi connectivity index (χ1n) is 7.56. The van der Waals surface area contributed by atoms with E-state index < -0.39 is 15.5 Å². The number of hydrogen-bond acceptors (Lipinski definition) is 5. The number of nitrogens with zero attached hydrogens (tertiary/aromatic N) is 2. The Balaban J connectivity index is 1.66. The predicted octanol–water partition coefficient (Wildman–Crippen LogP) is 0.923. The highest BCUT2D eigenvalue weighted by molar-refractivity contribution is 7.87. The molecule has 0 radical (unpaired) electrons. The lowest BCUT2D eigenvalue weighted by Gasteiger charge is -2.26. The number of amides is 1. The summed E-state index contributed by atoms with van der Waals surface area (Å²) in [6, 6.07) is 7.38. The maximum atomic E-state index is 13.1. The van der Waals surface area contributed by atoms with Crippen LogP contribution in [0.25, 0.3) is 0 Å². The van der Waals surface area contributed by atoms with Gasteiger partial charge in [0.1, 0.15) is 5.25 Å². The SMILES string of the molecule is O=C1CC(S(=O)(=O)F)CN1c1ccc(CN2CCOCC2)cc1. The fraction of sp³-hybridized carbons (Fsp3) is 0.533. The van der Waals surface area contributed by atoms with E-state index in [1.807, 2.05) is 12.1 Å². The van der Waals surface area contributed by atoms with Gasteiger partial charge in [0.15, 0.2) is 0 Å². The van der Waals surface area contributed by atoms with Gasteiger partial charge in [0.05, 0.1) is 13.2 Å². The van der Waals surface area contributed by atoms with E-state index in [0.29, 0.717) is 5.69 Å². The van der Waals surface area contributed by atoms with Gasteiger partial charge in [0.2, 0.25) is 5.91 Å². The minimum absolute atomic E-state index is 0.125. The number of hydrogen-bond donors (Lipinski definition) is 0. The number of benzene rings is 1. The second-order valence-electron chi connectivity index (χ2n) is 5.86. The summed E-state index contributed by atoms with van der Waals surface area (Å²) in [5.74, 6) is -0.364. The third-order valence-electron chi connectivity index (χ3n) is 4.25. The summed E-state index contributed by atoms with van der Waals surface area (Å²) in [6.07, 6.45) is -0.297. The molecule has 0 aliphatic carbocycles. The van der Waals surface area contributed by atoms with Crippen molar-refractivity contribution in [3.05, 3.63) is 29.8 Å². The Morgan fingerprint density at radius 1 is 1.17 bits per heavy atom. The first-order chi connectivity index (χ1) is 10.9. The molecule has 1 atom stereocenters. The zero-order chi connectivity index (χ0) is 16.4. The van der Waals surface area contributed by atoms with Crippen molar-refractivity contribution in [1.29, 1.82) is 0 Å². The summed E-state index contributed by atoms with van der Waals surface area (Å²) in [6.45, 7) is 3.93. The molecule has 2 heterocycles. The smallest absolute Gasteiger partial charge is 0.307 e. The number of rotatable bonds is 4. The highest BCUT2D eigenvalue weighted by atomic mass is 32.3. The Morgan fingerprint density at radius 3 is 2.39 bits per heavy atom. The van der Waals surface area contributed by atoms with Crippen molar-refractivity contribution >= 4 is 21.8 Å². The van der Waals surface area contributed by atoms with Gasteiger partial charge >= 0.3 is 10.2 Å². The van der Waals surface area contributed by atoms with Gasteiger partial charge in [-0.05, 0) is 17.7 Å². The van der Waals surface area contributed by atoms with E-state index in [9.17, 15) is 17.1 Å². The molecular formula is C15H19FN2O4S. The molecular weight excluding hydrogens is 323 g/mol. The first kappa shape index (κ1) is 16.4. The highest BCUT2D eigenvalue weighted by Gasteiger charge is 2.39. The quantitative estimate of drug-likeness (QED) is 0.762. The number of halogens is 1. The molecule has 2 saturated heterocycles. The van der Waals surface area contributed by atoms with E-state index in [-0.39, 0.29) is 18.9 Å². The molecule has 1 unspecified atom stereocenters. The molecule has 23 heavy (non-hydrogen) atoms. The summed E-state index contributed by atoms with van der Waals surface area (Å²) >= 11 is 0. The molecule has 0 bridgehead atoms. The number of morpholine rings is 1. The van der Waals surface area contributed by atoms with Gasteiger partial charge in [0.25, 0.3) is 0 Å². The third kappa shape index (κ3) is 3.88. The van der Waals surface area contributed by atoms with Gasteiger partial charge in [-0.15, -0.1) is 3.89 Å². The summed E-state index contributed by atoms with van der Waals surface area (Å²) in [5.41, 5.74) is 1.71. The number of carbonyl (C=O) groups is 1. The molecule has 1 aromatic carbocycles. The Hall–Kier alpha value is -1.51. The van der Waals surface area contributed by atoms with Gasteiger partial charge in [-0.1, -0.05) is 12.1 Å². The number of ether oxygens (including phenoxy) is 1. The Bertz CT molecular complexity index is 671. The molecule has 1 amide bonds. The number of carbonyl (C=O) groups excluding carboxylic acids is 1. The van der Waals surface area contributed by atoms with E-state index in [0.717, 1.165) is 38.4 Å². The highest BCUT2D eigenvalue weighted by Crippen LogP contribution is 2.26. The van der Waals surface area contributed by atoms with Crippen LogP contribution in [0.4, 0.5) is 9.57 Å². The Kier molecular flexibility index (Phi) is 4.65. The van der Waals surface area contributed by atoms with E-state index in [1.165, 1.54) is 4.90 Å². The molecule has 0 saturated carbocycles. The summed E-state index contributed by atoms with van der Waals surface area (Å²) < 4.78 is 40.3. The minimum Gasteiger partial charge on any atom is -0.379 e. The molecule has 2 aliphatic heterocycles. The molecule has 126 valence electrons. The average molecular weight is 342 g/mol. The van der Waals surface area contributed by atoms with Crippen molar-refractivity contribution < 1.29 is 21.8 Å². The van der Waals surface area contributed by atoms with Gasteiger partial charge in [-0.2, -0.15) is 8.42 Å². The average Bonchev–Trinajstić information content (AvgIpc) is 2.91. The van der Waals surface area contributed by atoms with Crippen molar-refractivity contribution in [2.45, 2.75) is 18.2 Å². The van der Waals surface area contributed by atoms with Gasteiger partial charge in [-0.25, -0.2) is 0 Å². The van der Waals surface area contributed by atoms with Crippen molar-refractivity contribution in [2.24, 2.45) is 0 Å². The van der Waals surface area contributed by atoms with Crippen LogP contribution in [0.5, 0.6) is 0 Å². The van der Waals surface area contributed by atoms with Gasteiger partial charge in [-0.3, -0.25) is 9.69 Å². The van der Waals surface area contributed by atoms with E-state index in [2.05, 4.69) is 4.90 Å². The van der Waals surface area contributed by atoms with Crippen molar-refractivity contribution in [2.75, 3.05) is 37.7 Å². The van der Waals surface area contributed by atoms with Crippen molar-refractivity contribution in [1.82, 2.24) is 4.90 Å². The first-order valence-corrected chi connectivity index (χ1v) is 9.01. The van der Waals surface area contributed by atoms with Crippen molar-refractivity contribution in [3.63, 3.8) is 0 Å². The molecule has 1 aromatic rings. The Labute approximate surface area is 135 Å². The van der Waals surface area contributed by atoms with E-state index >= 15 is 0 Å². The number of anilines is 1. The second-order valence-corrected chi connectivity index (χ2v) is 7.48. The fourth-order valence-corrected chi connectivity index (χ4v) is 3.58. The zero-order valence-electron chi connectivity index (χ0n) is 12.7. The van der Waals surface area contributed by atoms with Crippen LogP contribution in [0.2, 0.25) is 0 Å². The van der Waals surface area contributed by atoms with Crippen LogP contribution < -0.4 is 4.90 Å². The van der Waals surface area contributed by atoms with E-state index in [4.69, 9.17) is 4.74 Å². The maximum absolute atomic E-state index is 13.1. The van der Waals surface area contributed by atoms with Crippen LogP contribution >= 0.6 is 0 Å². The van der Waals surface area contributed by atoms with Crippen LogP contribution in [0, 0.1) is 0 Å². The summed E-state index contributed by atoms with van der Waals surface area (Å²) in [4.78, 5) is 15.5. The largest absolute Gasteiger partial charge is 0.379 e. The summed E-state index contributed by atoms with van der Waals surface area (Å²) in [7, 11) is -4.68. The predicted molar refractivity (Wildman–Crippen MR) is 83.3 cm³/mol. The molecule has 2 aliphatic rings. The van der Waals surface area contributed by atoms with Crippen LogP contribution in [-0.4, -0.2) is 57.3 Å². The molecule has 6 nitrogen and oxygen atoms in total. The van der Waals surface area contributed by atoms with Crippen LogP contribution in [-0.2, 0) is 26.3 Å². The zero-order valence-corrected chi connectivity index (χ0v) is 13.5. The standard InChI is InChI=1S/C15H19FN2O4S/c16-23(20,21)14-9-15(19)18(11-14)13-3-1-12(2-4-13)10-17-5-7-22-8-6-17/h1-4,14H,5-11H2. The Morgan fingerprint density at radius 2 is 1.83 bits per heavy atom. The third-order valence-corrected chi connectivity index (χ3v) is 5.36. The molecule has 8 heteroatoms. The molecule has 0 spiro atoms. The lowest BCUT2D eigenvalue weighted by Crippen LogP contribution is -2.35. The monoisotopic (exact) mass is 342 g/mol. The van der Waals surface area contributed by atoms with Gasteiger partial charge < -0.3 is 9.64 Å². The summed E-state index contributed by atoms with van der Waals surface area (Å²) in [5, 5.41) is -1.26. The molecule has 0 aromatic heterocycles. The van der Waals surface area contributed by atoms with Crippen molar-refractivity contribution in [3.8, 4) is 0 Å². The lowest BCUT2D eigenvalue weighted by molar-refractivity contribution is -0.117. The normalized spacial score (nSPS) is 23.4. The molecule has 0 N–H and O–H groups in total. The second kappa shape index (κ2) is 6.54.